The second-order valence-corrected chi connectivity index (χ2v) is 10.2. The van der Waals surface area contributed by atoms with Gasteiger partial charge in [-0.15, -0.1) is 6.42 Å². The standard InChI is InChI=1S/C25H19F5N4O3S/c1-2-15-3-4-16(18-13-32-24(33-14-18)25(28,29)30)11-17(15)12-31-23(35)22-21(27)9-10-34(22)38(36,37)20-7-5-19(26)6-8-20/h1,3-8,11,13-14,21-22H,9-10,12H2,(H,31,35)/t21-,22-/m0/s1. The van der Waals surface area contributed by atoms with Crippen LogP contribution in [-0.2, 0) is 27.5 Å². The fourth-order valence-corrected chi connectivity index (χ4v) is 5.63. The van der Waals surface area contributed by atoms with Gasteiger partial charge in [-0.2, -0.15) is 17.5 Å². The lowest BCUT2D eigenvalue weighted by Gasteiger charge is -2.24. The first-order valence-electron chi connectivity index (χ1n) is 11.1. The molecule has 13 heteroatoms. The Balaban J connectivity index is 1.54. The first-order valence-corrected chi connectivity index (χ1v) is 12.5. The number of sulfonamides is 1. The number of terminal acetylenes is 1. The molecule has 0 unspecified atom stereocenters. The van der Waals surface area contributed by atoms with Crippen LogP contribution in [0.1, 0.15) is 23.4 Å². The molecule has 1 aliphatic rings. The van der Waals surface area contributed by atoms with E-state index in [1.54, 1.807) is 0 Å². The van der Waals surface area contributed by atoms with Crippen LogP contribution in [0.25, 0.3) is 11.1 Å². The van der Waals surface area contributed by atoms with Gasteiger partial charge in [0.1, 0.15) is 18.0 Å². The third-order valence-electron chi connectivity index (χ3n) is 5.92. The van der Waals surface area contributed by atoms with Gasteiger partial charge >= 0.3 is 6.18 Å². The smallest absolute Gasteiger partial charge is 0.350 e. The van der Waals surface area contributed by atoms with Crippen molar-refractivity contribution in [3.8, 4) is 23.5 Å². The normalized spacial score (nSPS) is 18.2. The highest BCUT2D eigenvalue weighted by molar-refractivity contribution is 7.89. The van der Waals surface area contributed by atoms with Gasteiger partial charge in [0.2, 0.25) is 21.8 Å². The van der Waals surface area contributed by atoms with Crippen molar-refractivity contribution in [3.63, 3.8) is 0 Å². The number of hydrogen-bond donors (Lipinski definition) is 1. The minimum absolute atomic E-state index is 0.211. The van der Waals surface area contributed by atoms with Gasteiger partial charge in [0.25, 0.3) is 0 Å². The molecule has 0 radical (unpaired) electrons. The van der Waals surface area contributed by atoms with Gasteiger partial charge in [-0.25, -0.2) is 27.2 Å². The first-order chi connectivity index (χ1) is 17.9. The molecule has 1 amide bonds. The Morgan fingerprint density at radius 2 is 1.76 bits per heavy atom. The van der Waals surface area contributed by atoms with Crippen molar-refractivity contribution in [2.45, 2.75) is 36.3 Å². The van der Waals surface area contributed by atoms with Crippen molar-refractivity contribution in [1.82, 2.24) is 19.6 Å². The summed E-state index contributed by atoms with van der Waals surface area (Å²) >= 11 is 0. The fraction of sp³-hybridized carbons (Fsp3) is 0.240. The molecule has 0 aliphatic carbocycles. The van der Waals surface area contributed by atoms with E-state index in [0.29, 0.717) is 16.7 Å². The highest BCUT2D eigenvalue weighted by Crippen LogP contribution is 2.30. The number of halogens is 5. The molecular weight excluding hydrogens is 531 g/mol. The lowest BCUT2D eigenvalue weighted by Crippen LogP contribution is -2.49. The van der Waals surface area contributed by atoms with E-state index in [4.69, 9.17) is 6.42 Å². The highest BCUT2D eigenvalue weighted by atomic mass is 32.2. The summed E-state index contributed by atoms with van der Waals surface area (Å²) in [6.07, 6.45) is 0.817. The Morgan fingerprint density at radius 1 is 1.11 bits per heavy atom. The van der Waals surface area contributed by atoms with Gasteiger partial charge < -0.3 is 5.32 Å². The molecule has 0 spiro atoms. The molecule has 1 fully saturated rings. The average molecular weight is 551 g/mol. The molecule has 7 nitrogen and oxygen atoms in total. The maximum Gasteiger partial charge on any atom is 0.451 e. The molecule has 1 saturated heterocycles. The van der Waals surface area contributed by atoms with Crippen LogP contribution in [0.4, 0.5) is 22.0 Å². The quantitative estimate of drug-likeness (QED) is 0.373. The van der Waals surface area contributed by atoms with E-state index in [1.165, 1.54) is 18.2 Å². The van der Waals surface area contributed by atoms with E-state index < -0.39 is 46.0 Å². The van der Waals surface area contributed by atoms with Crippen LogP contribution in [0.5, 0.6) is 0 Å². The Bertz CT molecular complexity index is 1490. The number of aromatic nitrogens is 2. The Morgan fingerprint density at radius 3 is 2.37 bits per heavy atom. The molecule has 0 saturated carbocycles. The number of benzene rings is 2. The summed E-state index contributed by atoms with van der Waals surface area (Å²) in [5.74, 6) is -0.443. The Hall–Kier alpha value is -3.89. The lowest BCUT2D eigenvalue weighted by atomic mass is 10.0. The monoisotopic (exact) mass is 550 g/mol. The van der Waals surface area contributed by atoms with Gasteiger partial charge in [0, 0.05) is 36.6 Å². The van der Waals surface area contributed by atoms with Crippen LogP contribution in [0.3, 0.4) is 0 Å². The lowest BCUT2D eigenvalue weighted by molar-refractivity contribution is -0.145. The minimum Gasteiger partial charge on any atom is -0.350 e. The molecule has 198 valence electrons. The van der Waals surface area contributed by atoms with Gasteiger partial charge in [-0.1, -0.05) is 12.0 Å². The van der Waals surface area contributed by atoms with Crippen molar-refractivity contribution in [2.24, 2.45) is 0 Å². The summed E-state index contributed by atoms with van der Waals surface area (Å²) in [6.45, 7) is -0.473. The molecular formula is C25H19F5N4O3S. The van der Waals surface area contributed by atoms with E-state index in [0.717, 1.165) is 41.0 Å². The second kappa shape index (κ2) is 10.5. The van der Waals surface area contributed by atoms with Gasteiger partial charge in [0.05, 0.1) is 4.90 Å². The Kier molecular flexibility index (Phi) is 7.48. The molecule has 1 N–H and O–H groups in total. The molecule has 0 bridgehead atoms. The van der Waals surface area contributed by atoms with Crippen LogP contribution >= 0.6 is 0 Å². The number of nitrogens with one attached hydrogen (secondary N) is 1. The van der Waals surface area contributed by atoms with Crippen molar-refractivity contribution in [2.75, 3.05) is 6.54 Å². The number of hydrogen-bond acceptors (Lipinski definition) is 5. The van der Waals surface area contributed by atoms with E-state index in [-0.39, 0.29) is 30.0 Å². The van der Waals surface area contributed by atoms with Crippen LogP contribution < -0.4 is 5.32 Å². The number of carbonyl (C=O) groups excluding carboxylic acids is 1. The zero-order chi connectivity index (χ0) is 27.7. The predicted molar refractivity (Wildman–Crippen MR) is 126 cm³/mol. The van der Waals surface area contributed by atoms with Crippen LogP contribution in [0.15, 0.2) is 59.8 Å². The number of carbonyl (C=O) groups is 1. The summed E-state index contributed by atoms with van der Waals surface area (Å²) in [6, 6.07) is 6.84. The summed E-state index contributed by atoms with van der Waals surface area (Å²) in [7, 11) is -4.30. The van der Waals surface area contributed by atoms with E-state index in [2.05, 4.69) is 21.2 Å². The molecule has 3 aromatic rings. The molecule has 2 aromatic carbocycles. The van der Waals surface area contributed by atoms with Crippen molar-refractivity contribution < 1.29 is 35.2 Å². The predicted octanol–water partition coefficient (Wildman–Crippen LogP) is 3.70. The third kappa shape index (κ3) is 5.51. The zero-order valence-corrected chi connectivity index (χ0v) is 20.2. The maximum atomic E-state index is 14.7. The van der Waals surface area contributed by atoms with Gasteiger partial charge in [0.15, 0.2) is 0 Å². The van der Waals surface area contributed by atoms with Crippen molar-refractivity contribution >= 4 is 15.9 Å². The zero-order valence-electron chi connectivity index (χ0n) is 19.4. The summed E-state index contributed by atoms with van der Waals surface area (Å²) in [4.78, 5) is 19.3. The molecule has 1 aliphatic heterocycles. The van der Waals surface area contributed by atoms with Gasteiger partial charge in [-0.05, 0) is 53.9 Å². The molecule has 38 heavy (non-hydrogen) atoms. The first kappa shape index (κ1) is 27.2. The molecule has 2 heterocycles. The summed E-state index contributed by atoms with van der Waals surface area (Å²) in [5.41, 5.74) is 1.39. The summed E-state index contributed by atoms with van der Waals surface area (Å²) < 4.78 is 93.0. The molecule has 4 rings (SSSR count). The van der Waals surface area contributed by atoms with Crippen molar-refractivity contribution in [3.05, 3.63) is 77.6 Å². The summed E-state index contributed by atoms with van der Waals surface area (Å²) in [5, 5.41) is 2.50. The van der Waals surface area contributed by atoms with Crippen LogP contribution in [0, 0.1) is 18.2 Å². The average Bonchev–Trinajstić information content (AvgIpc) is 3.29. The highest BCUT2D eigenvalue weighted by Gasteiger charge is 2.46. The minimum atomic E-state index is -4.70. The van der Waals surface area contributed by atoms with E-state index in [9.17, 15) is 35.2 Å². The largest absolute Gasteiger partial charge is 0.451 e. The number of nitrogens with zero attached hydrogens (tertiary/aromatic N) is 3. The molecule has 1 aromatic heterocycles. The SMILES string of the molecule is C#Cc1ccc(-c2cnc(C(F)(F)F)nc2)cc1CNC(=O)[C@@H]1[C@@H](F)CCN1S(=O)(=O)c1ccc(F)cc1. The van der Waals surface area contributed by atoms with Gasteiger partial charge in [-0.3, -0.25) is 4.79 Å². The van der Waals surface area contributed by atoms with Crippen LogP contribution in [-0.4, -0.2) is 47.4 Å². The fourth-order valence-electron chi connectivity index (χ4n) is 4.01. The number of amides is 1. The topological polar surface area (TPSA) is 92.3 Å². The maximum absolute atomic E-state index is 14.7. The second-order valence-electron chi connectivity index (χ2n) is 8.35. The van der Waals surface area contributed by atoms with Crippen LogP contribution in [0.2, 0.25) is 0 Å². The third-order valence-corrected chi connectivity index (χ3v) is 7.81. The van der Waals surface area contributed by atoms with Crippen molar-refractivity contribution in [1.29, 1.82) is 0 Å². The Labute approximate surface area is 214 Å². The van der Waals surface area contributed by atoms with E-state index in [1.807, 2.05) is 0 Å². The number of rotatable bonds is 6. The number of alkyl halides is 4. The van der Waals surface area contributed by atoms with E-state index >= 15 is 0 Å². The molecule has 2 atom stereocenters.